The van der Waals surface area contributed by atoms with E-state index in [0.29, 0.717) is 5.57 Å². The van der Waals surface area contributed by atoms with Crippen molar-refractivity contribution in [1.82, 2.24) is 0 Å². The Hall–Kier alpha value is -2.03. The van der Waals surface area contributed by atoms with Gasteiger partial charge in [-0.1, -0.05) is 77.5 Å². The van der Waals surface area contributed by atoms with Gasteiger partial charge in [-0.05, 0) is 92.2 Å². The van der Waals surface area contributed by atoms with Gasteiger partial charge in [0.05, 0.1) is 5.57 Å². The molecule has 0 saturated heterocycles. The standard InChI is InChI=1S/C34H46O3/c1-20-13-15-25(16-14-24-11-9-8-10-12-24)26-18-32(5)19-33(6)17-21(2)27(23(4)35)31(37)34(33,7)22(3)29(32)30(36)28(20)26/h13,15,22,24,29H,8-12,14,16-19H2,1-7H3. The van der Waals surface area contributed by atoms with Gasteiger partial charge in [-0.2, -0.15) is 0 Å². The van der Waals surface area contributed by atoms with Crippen LogP contribution in [0.25, 0.3) is 0 Å². The van der Waals surface area contributed by atoms with Gasteiger partial charge in [0, 0.05) is 16.9 Å². The molecule has 4 aliphatic rings. The SMILES string of the molecule is CC(=O)C1=C(C)CC2(C)CC3(C)Cc4c(CCC5CCCCC5)ccc(C)c4C(=O)C3C(C)C2(C)C1=O. The molecule has 0 aromatic heterocycles. The fraction of sp³-hybridized carbons (Fsp3) is 0.676. The van der Waals surface area contributed by atoms with Crippen LogP contribution in [0.2, 0.25) is 0 Å². The summed E-state index contributed by atoms with van der Waals surface area (Å²) in [6.45, 7) is 14.3. The van der Waals surface area contributed by atoms with E-state index in [1.165, 1.54) is 56.6 Å². The van der Waals surface area contributed by atoms with Crippen LogP contribution in [-0.2, 0) is 22.4 Å². The van der Waals surface area contributed by atoms with Gasteiger partial charge in [-0.3, -0.25) is 14.4 Å². The maximum Gasteiger partial charge on any atom is 0.173 e. The first-order chi connectivity index (χ1) is 17.3. The van der Waals surface area contributed by atoms with Crippen LogP contribution >= 0.6 is 0 Å². The molecule has 5 atom stereocenters. The molecule has 0 aliphatic heterocycles. The molecule has 0 amide bonds. The predicted octanol–water partition coefficient (Wildman–Crippen LogP) is 7.80. The van der Waals surface area contributed by atoms with Crippen LogP contribution in [0.1, 0.15) is 120 Å². The second kappa shape index (κ2) is 9.02. The number of benzene rings is 1. The Balaban J connectivity index is 1.56. The molecule has 1 aromatic rings. The summed E-state index contributed by atoms with van der Waals surface area (Å²) in [6, 6.07) is 4.45. The summed E-state index contributed by atoms with van der Waals surface area (Å²) < 4.78 is 0. The fourth-order valence-corrected chi connectivity index (χ4v) is 9.68. The van der Waals surface area contributed by atoms with Crippen LogP contribution in [-0.4, -0.2) is 17.3 Å². The molecule has 0 N–H and O–H groups in total. The van der Waals surface area contributed by atoms with Crippen molar-refractivity contribution in [2.75, 3.05) is 0 Å². The molecule has 0 heterocycles. The highest BCUT2D eigenvalue weighted by molar-refractivity contribution is 6.23. The first-order valence-corrected chi connectivity index (χ1v) is 14.7. The lowest BCUT2D eigenvalue weighted by atomic mass is 9.37. The number of fused-ring (bicyclic) bond motifs is 3. The van der Waals surface area contributed by atoms with Crippen molar-refractivity contribution in [1.29, 1.82) is 0 Å². The second-order valence-electron chi connectivity index (χ2n) is 14.1. The van der Waals surface area contributed by atoms with E-state index in [2.05, 4.69) is 46.8 Å². The molecule has 37 heavy (non-hydrogen) atoms. The lowest BCUT2D eigenvalue weighted by molar-refractivity contribution is -0.159. The van der Waals surface area contributed by atoms with E-state index in [0.717, 1.165) is 48.3 Å². The summed E-state index contributed by atoms with van der Waals surface area (Å²) in [5.74, 6) is 0.557. The minimum atomic E-state index is -0.725. The highest BCUT2D eigenvalue weighted by atomic mass is 16.2. The molecule has 200 valence electrons. The van der Waals surface area contributed by atoms with Gasteiger partial charge in [0.1, 0.15) is 0 Å². The smallest absolute Gasteiger partial charge is 0.173 e. The zero-order valence-electron chi connectivity index (χ0n) is 24.2. The molecule has 0 bridgehead atoms. The van der Waals surface area contributed by atoms with Gasteiger partial charge in [0.2, 0.25) is 0 Å². The third-order valence-corrected chi connectivity index (χ3v) is 11.6. The minimum absolute atomic E-state index is 0.0302. The number of ketones is 3. The van der Waals surface area contributed by atoms with E-state index in [1.54, 1.807) is 0 Å². The van der Waals surface area contributed by atoms with Crippen molar-refractivity contribution < 1.29 is 14.4 Å². The molecule has 1 aromatic carbocycles. The molecular formula is C34H46O3. The number of carbonyl (C=O) groups excluding carboxylic acids is 3. The number of aryl methyl sites for hydroxylation is 2. The number of allylic oxidation sites excluding steroid dienone is 2. The second-order valence-corrected chi connectivity index (χ2v) is 14.1. The van der Waals surface area contributed by atoms with Gasteiger partial charge in [0.15, 0.2) is 17.3 Å². The maximum atomic E-state index is 14.5. The molecule has 5 rings (SSSR count). The van der Waals surface area contributed by atoms with Crippen LogP contribution < -0.4 is 0 Å². The summed E-state index contributed by atoms with van der Waals surface area (Å²) in [4.78, 5) is 41.0. The largest absolute Gasteiger partial charge is 0.294 e. The summed E-state index contributed by atoms with van der Waals surface area (Å²) >= 11 is 0. The van der Waals surface area contributed by atoms with Gasteiger partial charge in [-0.25, -0.2) is 0 Å². The quantitative estimate of drug-likeness (QED) is 0.395. The zero-order chi connectivity index (χ0) is 26.9. The first-order valence-electron chi connectivity index (χ1n) is 14.7. The topological polar surface area (TPSA) is 51.2 Å². The lowest BCUT2D eigenvalue weighted by Crippen LogP contribution is -2.64. The fourth-order valence-electron chi connectivity index (χ4n) is 9.68. The van der Waals surface area contributed by atoms with Crippen molar-refractivity contribution in [2.45, 2.75) is 113 Å². The number of Topliss-reactive ketones (excluding diaryl/α,β-unsaturated/α-hetero) is 3. The van der Waals surface area contributed by atoms with E-state index in [-0.39, 0.29) is 40.0 Å². The number of hydrogen-bond donors (Lipinski definition) is 0. The Morgan fingerprint density at radius 2 is 1.68 bits per heavy atom. The summed E-state index contributed by atoms with van der Waals surface area (Å²) in [6.07, 6.45) is 11.6. The van der Waals surface area contributed by atoms with Gasteiger partial charge < -0.3 is 0 Å². The Morgan fingerprint density at radius 1 is 1.00 bits per heavy atom. The van der Waals surface area contributed by atoms with Crippen molar-refractivity contribution in [3.63, 3.8) is 0 Å². The monoisotopic (exact) mass is 502 g/mol. The molecule has 5 unspecified atom stereocenters. The molecule has 2 fully saturated rings. The summed E-state index contributed by atoms with van der Waals surface area (Å²) in [5.41, 5.74) is 4.79. The summed E-state index contributed by atoms with van der Waals surface area (Å²) in [5, 5.41) is 0. The first kappa shape index (κ1) is 26.6. The maximum absolute atomic E-state index is 14.5. The van der Waals surface area contributed by atoms with E-state index < -0.39 is 5.41 Å². The third-order valence-electron chi connectivity index (χ3n) is 11.6. The normalized spacial score (nSPS) is 36.2. The van der Waals surface area contributed by atoms with Crippen LogP contribution in [0.3, 0.4) is 0 Å². The third kappa shape index (κ3) is 3.85. The molecule has 3 heteroatoms. The Kier molecular flexibility index (Phi) is 6.48. The highest BCUT2D eigenvalue weighted by Gasteiger charge is 2.67. The van der Waals surface area contributed by atoms with E-state index in [1.807, 2.05) is 6.92 Å². The Bertz CT molecular complexity index is 1200. The molecule has 4 aliphatic carbocycles. The predicted molar refractivity (Wildman–Crippen MR) is 149 cm³/mol. The molecule has 3 nitrogen and oxygen atoms in total. The van der Waals surface area contributed by atoms with Crippen molar-refractivity contribution in [2.24, 2.45) is 34.0 Å². The number of carbonyl (C=O) groups is 3. The molecular weight excluding hydrogens is 456 g/mol. The zero-order valence-corrected chi connectivity index (χ0v) is 24.2. The van der Waals surface area contributed by atoms with Gasteiger partial charge in [-0.15, -0.1) is 0 Å². The van der Waals surface area contributed by atoms with Crippen molar-refractivity contribution in [3.05, 3.63) is 45.5 Å². The molecule has 0 radical (unpaired) electrons. The van der Waals surface area contributed by atoms with Gasteiger partial charge >= 0.3 is 0 Å². The average Bonchev–Trinajstić information content (AvgIpc) is 2.81. The van der Waals surface area contributed by atoms with Crippen molar-refractivity contribution in [3.8, 4) is 0 Å². The lowest BCUT2D eigenvalue weighted by Gasteiger charge is -2.64. The minimum Gasteiger partial charge on any atom is -0.294 e. The van der Waals surface area contributed by atoms with Crippen LogP contribution in [0, 0.1) is 40.9 Å². The van der Waals surface area contributed by atoms with Crippen LogP contribution in [0.15, 0.2) is 23.3 Å². The number of rotatable bonds is 4. The van der Waals surface area contributed by atoms with Crippen LogP contribution in [0.4, 0.5) is 0 Å². The summed E-state index contributed by atoms with van der Waals surface area (Å²) in [7, 11) is 0. The number of hydrogen-bond acceptors (Lipinski definition) is 3. The molecule has 0 spiro atoms. The van der Waals surface area contributed by atoms with Crippen molar-refractivity contribution >= 4 is 17.3 Å². The van der Waals surface area contributed by atoms with Crippen LogP contribution in [0.5, 0.6) is 0 Å². The van der Waals surface area contributed by atoms with E-state index in [4.69, 9.17) is 0 Å². The van der Waals surface area contributed by atoms with Gasteiger partial charge in [0.25, 0.3) is 0 Å². The van der Waals surface area contributed by atoms with E-state index >= 15 is 0 Å². The highest BCUT2D eigenvalue weighted by Crippen LogP contribution is 2.68. The Labute approximate surface area is 223 Å². The average molecular weight is 503 g/mol. The van der Waals surface area contributed by atoms with E-state index in [9.17, 15) is 14.4 Å². The molecule has 2 saturated carbocycles. The Morgan fingerprint density at radius 3 is 2.32 bits per heavy atom.